The number of carbonyl (C=O) groups is 1. The number of amides is 1. The molecule has 0 spiro atoms. The Labute approximate surface area is 98.2 Å². The van der Waals surface area contributed by atoms with Gasteiger partial charge in [0, 0.05) is 6.54 Å². The number of ether oxygens (including phenoxy) is 1. The van der Waals surface area contributed by atoms with Crippen molar-refractivity contribution < 1.29 is 9.53 Å². The van der Waals surface area contributed by atoms with Crippen molar-refractivity contribution in [3.8, 4) is 0 Å². The Balaban J connectivity index is 2.32. The zero-order chi connectivity index (χ0) is 11.6. The van der Waals surface area contributed by atoms with Crippen molar-refractivity contribution in [2.75, 3.05) is 6.54 Å². The van der Waals surface area contributed by atoms with Crippen LogP contribution in [0.25, 0.3) is 0 Å². The van der Waals surface area contributed by atoms with Crippen molar-refractivity contribution in [2.24, 2.45) is 0 Å². The van der Waals surface area contributed by atoms with Crippen LogP contribution in [-0.4, -0.2) is 18.7 Å². The molecule has 1 N–H and O–H groups in total. The average Bonchev–Trinajstić information content (AvgIpc) is 2.25. The molecule has 3 nitrogen and oxygen atoms in total. The van der Waals surface area contributed by atoms with Crippen LogP contribution in [0.3, 0.4) is 0 Å². The molecule has 0 bridgehead atoms. The van der Waals surface area contributed by atoms with E-state index in [0.29, 0.717) is 6.54 Å². The Morgan fingerprint density at radius 2 is 1.94 bits per heavy atom. The highest BCUT2D eigenvalue weighted by molar-refractivity contribution is 5.67. The van der Waals surface area contributed by atoms with E-state index in [4.69, 9.17) is 4.74 Å². The summed E-state index contributed by atoms with van der Waals surface area (Å²) in [6.45, 7) is 2.53. The predicted molar refractivity (Wildman–Crippen MR) is 65.4 cm³/mol. The Bertz CT molecular complexity index is 226. The quantitative estimate of drug-likeness (QED) is 0.642. The molecule has 1 rings (SSSR count). The summed E-state index contributed by atoms with van der Waals surface area (Å²) < 4.78 is 5.21. The Kier molecular flexibility index (Phi) is 6.70. The standard InChI is InChI=1S/C13H23NO2/c1-12-10-8-6-4-2-3-5-7-9-11-14-13(15)16-12/h7,9,12H,2-6,8,10-11H2,1H3,(H,14,15)/b9-7-. The molecule has 1 aliphatic rings. The molecule has 0 aromatic rings. The molecule has 0 aliphatic carbocycles. The molecular formula is C13H23NO2. The lowest BCUT2D eigenvalue weighted by Crippen LogP contribution is -2.27. The van der Waals surface area contributed by atoms with Gasteiger partial charge in [-0.05, 0) is 32.6 Å². The third-order valence-corrected chi connectivity index (χ3v) is 2.82. The molecule has 0 radical (unpaired) electrons. The Hall–Kier alpha value is -0.990. The average molecular weight is 225 g/mol. The molecule has 0 saturated heterocycles. The zero-order valence-corrected chi connectivity index (χ0v) is 10.2. The van der Waals surface area contributed by atoms with Crippen molar-refractivity contribution in [1.82, 2.24) is 5.32 Å². The van der Waals surface area contributed by atoms with Crippen LogP contribution >= 0.6 is 0 Å². The molecule has 0 fully saturated rings. The van der Waals surface area contributed by atoms with Gasteiger partial charge in [0.15, 0.2) is 0 Å². The molecule has 1 heterocycles. The number of rotatable bonds is 0. The van der Waals surface area contributed by atoms with Crippen molar-refractivity contribution in [3.63, 3.8) is 0 Å². The lowest BCUT2D eigenvalue weighted by Gasteiger charge is -2.13. The molecule has 92 valence electrons. The zero-order valence-electron chi connectivity index (χ0n) is 10.2. The van der Waals surface area contributed by atoms with E-state index in [1.54, 1.807) is 0 Å². The van der Waals surface area contributed by atoms with Crippen molar-refractivity contribution in [2.45, 2.75) is 58.0 Å². The number of alkyl carbamates (subject to hydrolysis) is 1. The number of hydrogen-bond donors (Lipinski definition) is 1. The monoisotopic (exact) mass is 225 g/mol. The van der Waals surface area contributed by atoms with Crippen molar-refractivity contribution >= 4 is 6.09 Å². The molecule has 0 saturated carbocycles. The minimum Gasteiger partial charge on any atom is -0.447 e. The number of carbonyl (C=O) groups excluding carboxylic acids is 1. The maximum absolute atomic E-state index is 11.3. The summed E-state index contributed by atoms with van der Waals surface area (Å²) in [7, 11) is 0. The van der Waals surface area contributed by atoms with E-state index in [2.05, 4.69) is 11.4 Å². The van der Waals surface area contributed by atoms with Crippen LogP contribution in [0.1, 0.15) is 51.9 Å². The fraction of sp³-hybridized carbons (Fsp3) is 0.769. The highest BCUT2D eigenvalue weighted by Gasteiger charge is 2.07. The summed E-state index contributed by atoms with van der Waals surface area (Å²) in [5.41, 5.74) is 0. The van der Waals surface area contributed by atoms with Gasteiger partial charge in [0.2, 0.25) is 0 Å². The highest BCUT2D eigenvalue weighted by Crippen LogP contribution is 2.10. The summed E-state index contributed by atoms with van der Waals surface area (Å²) in [5, 5.41) is 2.72. The van der Waals surface area contributed by atoms with Gasteiger partial charge in [0.05, 0.1) is 0 Å². The van der Waals surface area contributed by atoms with Crippen LogP contribution < -0.4 is 5.32 Å². The van der Waals surface area contributed by atoms with Crippen molar-refractivity contribution in [1.29, 1.82) is 0 Å². The molecule has 1 aliphatic heterocycles. The first-order valence-electron chi connectivity index (χ1n) is 6.38. The molecule has 1 unspecified atom stereocenters. The normalized spacial score (nSPS) is 27.3. The topological polar surface area (TPSA) is 38.3 Å². The van der Waals surface area contributed by atoms with E-state index < -0.39 is 0 Å². The van der Waals surface area contributed by atoms with Gasteiger partial charge in [-0.25, -0.2) is 4.79 Å². The van der Waals surface area contributed by atoms with E-state index in [0.717, 1.165) is 19.3 Å². The largest absolute Gasteiger partial charge is 0.447 e. The highest BCUT2D eigenvalue weighted by atomic mass is 16.6. The second kappa shape index (κ2) is 8.20. The molecular weight excluding hydrogens is 202 g/mol. The second-order valence-electron chi connectivity index (χ2n) is 4.41. The second-order valence-corrected chi connectivity index (χ2v) is 4.41. The number of allylic oxidation sites excluding steroid dienone is 1. The van der Waals surface area contributed by atoms with E-state index >= 15 is 0 Å². The lowest BCUT2D eigenvalue weighted by molar-refractivity contribution is 0.101. The SMILES string of the molecule is CC1CCCCCCC/C=C\CNC(=O)O1. The Morgan fingerprint density at radius 1 is 1.19 bits per heavy atom. The van der Waals surface area contributed by atoms with Gasteiger partial charge < -0.3 is 10.1 Å². The Morgan fingerprint density at radius 3 is 2.81 bits per heavy atom. The summed E-state index contributed by atoms with van der Waals surface area (Å²) >= 11 is 0. The number of hydrogen-bond acceptors (Lipinski definition) is 2. The van der Waals surface area contributed by atoms with Gasteiger partial charge in [-0.3, -0.25) is 0 Å². The van der Waals surface area contributed by atoms with Crippen LogP contribution in [0.15, 0.2) is 12.2 Å². The van der Waals surface area contributed by atoms with Crippen LogP contribution in [-0.2, 0) is 4.74 Å². The minimum absolute atomic E-state index is 0.0342. The summed E-state index contributed by atoms with van der Waals surface area (Å²) in [4.78, 5) is 11.3. The summed E-state index contributed by atoms with van der Waals surface area (Å²) in [6, 6.07) is 0. The molecule has 16 heavy (non-hydrogen) atoms. The van der Waals surface area contributed by atoms with Crippen LogP contribution in [0.2, 0.25) is 0 Å². The first-order chi connectivity index (χ1) is 7.79. The molecule has 0 aromatic heterocycles. The van der Waals surface area contributed by atoms with Gasteiger partial charge in [-0.1, -0.05) is 31.4 Å². The molecule has 1 amide bonds. The van der Waals surface area contributed by atoms with Gasteiger partial charge in [-0.15, -0.1) is 0 Å². The maximum atomic E-state index is 11.3. The molecule has 3 heteroatoms. The third-order valence-electron chi connectivity index (χ3n) is 2.82. The van der Waals surface area contributed by atoms with Crippen LogP contribution in [0, 0.1) is 0 Å². The third kappa shape index (κ3) is 6.49. The fourth-order valence-corrected chi connectivity index (χ4v) is 1.85. The van der Waals surface area contributed by atoms with Crippen molar-refractivity contribution in [3.05, 3.63) is 12.2 Å². The van der Waals surface area contributed by atoms with Gasteiger partial charge in [-0.2, -0.15) is 0 Å². The van der Waals surface area contributed by atoms with Gasteiger partial charge >= 0.3 is 6.09 Å². The van der Waals surface area contributed by atoms with Crippen LogP contribution in [0.5, 0.6) is 0 Å². The van der Waals surface area contributed by atoms with E-state index in [9.17, 15) is 4.79 Å². The molecule has 0 aromatic carbocycles. The smallest absolute Gasteiger partial charge is 0.407 e. The minimum atomic E-state index is -0.297. The fourth-order valence-electron chi connectivity index (χ4n) is 1.85. The first-order valence-corrected chi connectivity index (χ1v) is 6.38. The van der Waals surface area contributed by atoms with E-state index in [1.165, 1.54) is 25.7 Å². The number of nitrogens with one attached hydrogen (secondary N) is 1. The summed E-state index contributed by atoms with van der Waals surface area (Å²) in [6.07, 6.45) is 12.2. The van der Waals surface area contributed by atoms with E-state index in [-0.39, 0.29) is 12.2 Å². The van der Waals surface area contributed by atoms with E-state index in [1.807, 2.05) is 13.0 Å². The first kappa shape index (κ1) is 13.1. The van der Waals surface area contributed by atoms with Crippen LogP contribution in [0.4, 0.5) is 4.79 Å². The maximum Gasteiger partial charge on any atom is 0.407 e. The molecule has 1 atom stereocenters. The lowest BCUT2D eigenvalue weighted by atomic mass is 10.1. The number of cyclic esters (lactones) is 1. The summed E-state index contributed by atoms with van der Waals surface area (Å²) in [5.74, 6) is 0. The van der Waals surface area contributed by atoms with Gasteiger partial charge in [0.1, 0.15) is 6.10 Å². The predicted octanol–water partition coefficient (Wildman–Crippen LogP) is 3.40. The van der Waals surface area contributed by atoms with Gasteiger partial charge in [0.25, 0.3) is 0 Å².